The molecule has 0 saturated heterocycles. The van der Waals surface area contributed by atoms with Gasteiger partial charge in [0.15, 0.2) is 11.6 Å². The number of nitrogens with zero attached hydrogens (tertiary/aromatic N) is 3. The van der Waals surface area contributed by atoms with Gasteiger partial charge < -0.3 is 5.32 Å². The second-order valence-electron chi connectivity index (χ2n) is 10.7. The normalized spacial score (nSPS) is 12.4. The van der Waals surface area contributed by atoms with Crippen molar-refractivity contribution in [2.75, 3.05) is 0 Å². The third-order valence-electron chi connectivity index (χ3n) is 6.78. The lowest BCUT2D eigenvalue weighted by Gasteiger charge is -2.16. The van der Waals surface area contributed by atoms with E-state index >= 15 is 0 Å². The molecule has 4 aromatic rings. The monoisotopic (exact) mass is 735 g/mol. The van der Waals surface area contributed by atoms with Crippen LogP contribution in [0.15, 0.2) is 59.6 Å². The Morgan fingerprint density at radius 3 is 2.23 bits per heavy atom. The fourth-order valence-electron chi connectivity index (χ4n) is 4.64. The highest BCUT2D eigenvalue weighted by atomic mass is 35.5. The summed E-state index contributed by atoms with van der Waals surface area (Å²) in [6.45, 7) is 4.44. The zero-order chi connectivity index (χ0) is 35.8. The van der Waals surface area contributed by atoms with Crippen LogP contribution in [0.1, 0.15) is 62.6 Å². The van der Waals surface area contributed by atoms with Crippen LogP contribution in [-0.2, 0) is 35.3 Å². The Bertz CT molecular complexity index is 2000. The van der Waals surface area contributed by atoms with E-state index in [1.807, 2.05) is 4.72 Å². The number of amides is 1. The number of alkyl halides is 6. The predicted molar refractivity (Wildman–Crippen MR) is 164 cm³/mol. The largest absolute Gasteiger partial charge is 0.417 e. The van der Waals surface area contributed by atoms with E-state index in [0.717, 1.165) is 4.68 Å². The number of hydrogen-bond donors (Lipinski definition) is 2. The van der Waals surface area contributed by atoms with Crippen LogP contribution in [0.2, 0.25) is 10.0 Å². The van der Waals surface area contributed by atoms with Gasteiger partial charge in [-0.15, -0.1) is 0 Å². The molecule has 0 aliphatic rings. The number of halogens is 8. The van der Waals surface area contributed by atoms with Gasteiger partial charge in [-0.25, -0.2) is 22.8 Å². The highest BCUT2D eigenvalue weighted by Gasteiger charge is 2.43. The Hall–Kier alpha value is -3.99. The lowest BCUT2D eigenvalue weighted by atomic mass is 9.95. The summed E-state index contributed by atoms with van der Waals surface area (Å²) in [7, 11) is -4.83. The van der Waals surface area contributed by atoms with Gasteiger partial charge in [-0.2, -0.15) is 31.4 Å². The molecule has 18 heteroatoms. The maximum Gasteiger partial charge on any atom is 0.417 e. The standard InChI is InChI=1S/C30H25Cl2F6N5O4S/c1-15(2)41-28(45)21-10-17(31)9-16(3)20(21)13-26(44)25-11-18(42-43(25)27-24(32)5-4-8-39-27)14-40-48(46,47)19-6-7-22(29(33,34)35)23(12-19)30(36,37)38/h4-12,15,40H,13-14H2,1-3H3,(H,41,45). The molecule has 2 aromatic heterocycles. The summed E-state index contributed by atoms with van der Waals surface area (Å²) in [6.07, 6.45) is -9.91. The molecular formula is C30H25Cl2F6N5O4S. The fourth-order valence-corrected chi connectivity index (χ4v) is 6.13. The number of ketones is 1. The first kappa shape index (κ1) is 36.8. The molecule has 0 atom stereocenters. The summed E-state index contributed by atoms with van der Waals surface area (Å²) in [4.78, 5) is 29.8. The molecule has 0 saturated carbocycles. The van der Waals surface area contributed by atoms with Gasteiger partial charge in [0.05, 0.1) is 33.3 Å². The number of aryl methyl sites for hydroxylation is 1. The first-order valence-electron chi connectivity index (χ1n) is 13.8. The number of rotatable bonds is 10. The van der Waals surface area contributed by atoms with Crippen molar-refractivity contribution in [2.45, 2.75) is 57.0 Å². The minimum absolute atomic E-state index is 0.0280. The number of sulfonamides is 1. The van der Waals surface area contributed by atoms with Gasteiger partial charge in [0, 0.05) is 29.2 Å². The number of aromatic nitrogens is 3. The number of carbonyl (C=O) groups is 2. The predicted octanol–water partition coefficient (Wildman–Crippen LogP) is 6.96. The Balaban J connectivity index is 1.71. The fraction of sp³-hybridized carbons (Fsp3) is 0.267. The quantitative estimate of drug-likeness (QED) is 0.134. The molecule has 2 N–H and O–H groups in total. The molecule has 1 amide bonds. The smallest absolute Gasteiger partial charge is 0.350 e. The molecule has 0 aliphatic carbocycles. The van der Waals surface area contributed by atoms with Crippen LogP contribution < -0.4 is 10.0 Å². The molecule has 4 rings (SSSR count). The summed E-state index contributed by atoms with van der Waals surface area (Å²) in [5.74, 6) is -1.12. The third kappa shape index (κ3) is 8.35. The molecular weight excluding hydrogens is 711 g/mol. The van der Waals surface area contributed by atoms with E-state index in [0.29, 0.717) is 17.2 Å². The number of benzene rings is 2. The van der Waals surface area contributed by atoms with E-state index < -0.39 is 56.6 Å². The van der Waals surface area contributed by atoms with Gasteiger partial charge >= 0.3 is 12.4 Å². The van der Waals surface area contributed by atoms with E-state index in [-0.39, 0.29) is 57.4 Å². The van der Waals surface area contributed by atoms with Crippen LogP contribution in [0.5, 0.6) is 0 Å². The molecule has 0 fully saturated rings. The van der Waals surface area contributed by atoms with Gasteiger partial charge in [0.2, 0.25) is 10.0 Å². The Labute approximate surface area is 280 Å². The zero-order valence-electron chi connectivity index (χ0n) is 25.1. The second kappa shape index (κ2) is 13.9. The number of carbonyl (C=O) groups excluding carboxylic acids is 2. The van der Waals surface area contributed by atoms with Crippen molar-refractivity contribution >= 4 is 44.9 Å². The van der Waals surface area contributed by atoms with Crippen LogP contribution in [0.4, 0.5) is 26.3 Å². The first-order chi connectivity index (χ1) is 22.2. The third-order valence-corrected chi connectivity index (χ3v) is 8.69. The number of pyridine rings is 1. The molecule has 0 spiro atoms. The van der Waals surface area contributed by atoms with E-state index in [2.05, 4.69) is 15.4 Å². The summed E-state index contributed by atoms with van der Waals surface area (Å²) < 4.78 is 109. The average molecular weight is 737 g/mol. The lowest BCUT2D eigenvalue weighted by Crippen LogP contribution is -2.31. The molecule has 48 heavy (non-hydrogen) atoms. The van der Waals surface area contributed by atoms with Crippen molar-refractivity contribution in [1.29, 1.82) is 0 Å². The summed E-state index contributed by atoms with van der Waals surface area (Å²) in [6, 6.07) is 7.18. The SMILES string of the molecule is Cc1cc(Cl)cc(C(=O)NC(C)C)c1CC(=O)c1cc(CNS(=O)(=O)c2ccc(C(F)(F)F)c(C(F)(F)F)c2)nn1-c1ncccc1Cl. The van der Waals surface area contributed by atoms with Gasteiger partial charge in [0.25, 0.3) is 5.91 Å². The van der Waals surface area contributed by atoms with E-state index in [1.165, 1.54) is 30.5 Å². The lowest BCUT2D eigenvalue weighted by molar-refractivity contribution is -0.162. The van der Waals surface area contributed by atoms with Gasteiger partial charge in [-0.3, -0.25) is 9.59 Å². The Morgan fingerprint density at radius 2 is 1.62 bits per heavy atom. The van der Waals surface area contributed by atoms with Crippen LogP contribution in [0, 0.1) is 6.92 Å². The van der Waals surface area contributed by atoms with Crippen LogP contribution in [0.25, 0.3) is 5.82 Å². The van der Waals surface area contributed by atoms with Crippen molar-refractivity contribution in [3.05, 3.63) is 104 Å². The average Bonchev–Trinajstić information content (AvgIpc) is 3.40. The molecule has 9 nitrogen and oxygen atoms in total. The van der Waals surface area contributed by atoms with E-state index in [1.54, 1.807) is 26.8 Å². The molecule has 0 unspecified atom stereocenters. The minimum Gasteiger partial charge on any atom is -0.350 e. The number of Topliss-reactive ketones (excluding diaryl/α,β-unsaturated/α-hetero) is 1. The molecule has 0 radical (unpaired) electrons. The van der Waals surface area contributed by atoms with E-state index in [9.17, 15) is 44.3 Å². The second-order valence-corrected chi connectivity index (χ2v) is 13.4. The molecule has 0 aliphatic heterocycles. The Kier molecular flexibility index (Phi) is 10.6. The van der Waals surface area contributed by atoms with Crippen molar-refractivity contribution in [3.8, 4) is 5.82 Å². The summed E-state index contributed by atoms with van der Waals surface area (Å²) in [5.41, 5.74) is -3.50. The van der Waals surface area contributed by atoms with Crippen molar-refractivity contribution in [3.63, 3.8) is 0 Å². The summed E-state index contributed by atoms with van der Waals surface area (Å²) in [5, 5.41) is 7.28. The van der Waals surface area contributed by atoms with Crippen LogP contribution in [0.3, 0.4) is 0 Å². The van der Waals surface area contributed by atoms with E-state index in [4.69, 9.17) is 23.2 Å². The molecule has 2 heterocycles. The van der Waals surface area contributed by atoms with Gasteiger partial charge in [-0.1, -0.05) is 23.2 Å². The maximum absolute atomic E-state index is 13.8. The molecule has 2 aromatic carbocycles. The van der Waals surface area contributed by atoms with Gasteiger partial charge in [0.1, 0.15) is 5.69 Å². The molecule has 0 bridgehead atoms. The number of nitrogens with one attached hydrogen (secondary N) is 2. The molecule has 256 valence electrons. The van der Waals surface area contributed by atoms with Crippen molar-refractivity contribution < 1.29 is 44.3 Å². The van der Waals surface area contributed by atoms with Crippen LogP contribution in [-0.4, -0.2) is 40.9 Å². The zero-order valence-corrected chi connectivity index (χ0v) is 27.4. The topological polar surface area (TPSA) is 123 Å². The van der Waals surface area contributed by atoms with Crippen molar-refractivity contribution in [2.24, 2.45) is 0 Å². The first-order valence-corrected chi connectivity index (χ1v) is 16.0. The highest BCUT2D eigenvalue weighted by molar-refractivity contribution is 7.89. The summed E-state index contributed by atoms with van der Waals surface area (Å²) >= 11 is 12.5. The minimum atomic E-state index is -5.51. The van der Waals surface area contributed by atoms with Crippen LogP contribution >= 0.6 is 23.2 Å². The maximum atomic E-state index is 13.8. The highest BCUT2D eigenvalue weighted by Crippen LogP contribution is 2.41. The Morgan fingerprint density at radius 1 is 0.958 bits per heavy atom. The number of hydrogen-bond acceptors (Lipinski definition) is 6. The van der Waals surface area contributed by atoms with Gasteiger partial charge in [-0.05, 0) is 80.4 Å². The van der Waals surface area contributed by atoms with Crippen molar-refractivity contribution in [1.82, 2.24) is 24.8 Å².